The number of piperazine rings is 1. The smallest absolute Gasteiger partial charge is 0.243 e. The summed E-state index contributed by atoms with van der Waals surface area (Å²) < 4.78 is 27.8. The minimum Gasteiger partial charge on any atom is -0.359 e. The lowest BCUT2D eigenvalue weighted by molar-refractivity contribution is -0.898. The van der Waals surface area contributed by atoms with Crippen LogP contribution in [0.25, 0.3) is 0 Å². The second-order valence-corrected chi connectivity index (χ2v) is 11.9. The molecule has 1 saturated heterocycles. The monoisotopic (exact) mass is 519 g/mol. The van der Waals surface area contributed by atoms with Gasteiger partial charge >= 0.3 is 0 Å². The highest BCUT2D eigenvalue weighted by Gasteiger charge is 2.26. The molecular formula is C26H39N4O3S2+. The van der Waals surface area contributed by atoms with Gasteiger partial charge in [0.15, 0.2) is 0 Å². The molecule has 2 aromatic rings. The Balaban J connectivity index is 1.85. The molecule has 9 heteroatoms. The number of carbonyl (C=O) groups is 1. The van der Waals surface area contributed by atoms with Crippen LogP contribution in [0.1, 0.15) is 31.9 Å². The normalized spacial score (nSPS) is 15.0. The fraction of sp³-hybridized carbons (Fsp3) is 0.500. The Morgan fingerprint density at radius 1 is 1.06 bits per heavy atom. The fourth-order valence-electron chi connectivity index (χ4n) is 4.47. The SMILES string of the molecule is CCN(CC)S(=O)(=O)c1ccc(N2CC[NH+](CC)CC2)c(NC(=O)CSc2ccc(C)cc2C)c1. The maximum Gasteiger partial charge on any atom is 0.243 e. The van der Waals surface area contributed by atoms with Crippen LogP contribution in [-0.4, -0.2) is 70.2 Å². The summed E-state index contributed by atoms with van der Waals surface area (Å²) in [5, 5.41) is 3.03. The zero-order chi connectivity index (χ0) is 25.6. The predicted molar refractivity (Wildman–Crippen MR) is 145 cm³/mol. The van der Waals surface area contributed by atoms with Crippen molar-refractivity contribution < 1.29 is 18.1 Å². The van der Waals surface area contributed by atoms with Gasteiger partial charge in [-0.3, -0.25) is 4.79 Å². The van der Waals surface area contributed by atoms with Crippen LogP contribution in [-0.2, 0) is 14.8 Å². The highest BCUT2D eigenvalue weighted by Crippen LogP contribution is 2.31. The largest absolute Gasteiger partial charge is 0.359 e. The molecule has 2 N–H and O–H groups in total. The predicted octanol–water partition coefficient (Wildman–Crippen LogP) is 2.79. The number of anilines is 2. The van der Waals surface area contributed by atoms with Crippen molar-refractivity contribution in [3.8, 4) is 0 Å². The van der Waals surface area contributed by atoms with Crippen molar-refractivity contribution in [2.45, 2.75) is 44.4 Å². The molecule has 192 valence electrons. The number of sulfonamides is 1. The van der Waals surface area contributed by atoms with E-state index >= 15 is 0 Å². The molecule has 0 radical (unpaired) electrons. The van der Waals surface area contributed by atoms with Gasteiger partial charge in [-0.05, 0) is 50.6 Å². The van der Waals surface area contributed by atoms with E-state index in [1.54, 1.807) is 17.0 Å². The van der Waals surface area contributed by atoms with E-state index in [2.05, 4.69) is 30.1 Å². The molecule has 35 heavy (non-hydrogen) atoms. The van der Waals surface area contributed by atoms with E-state index in [4.69, 9.17) is 0 Å². The van der Waals surface area contributed by atoms with E-state index in [0.717, 1.165) is 48.9 Å². The number of nitrogens with zero attached hydrogens (tertiary/aromatic N) is 2. The number of nitrogens with one attached hydrogen (secondary N) is 2. The van der Waals surface area contributed by atoms with Crippen molar-refractivity contribution in [1.29, 1.82) is 0 Å². The maximum atomic E-state index is 13.2. The van der Waals surface area contributed by atoms with Crippen LogP contribution < -0.4 is 15.1 Å². The molecule has 1 heterocycles. The Labute approximate surface area is 214 Å². The lowest BCUT2D eigenvalue weighted by Crippen LogP contribution is -3.14. The summed E-state index contributed by atoms with van der Waals surface area (Å²) in [6.45, 7) is 15.6. The van der Waals surface area contributed by atoms with Crippen molar-refractivity contribution in [2.24, 2.45) is 0 Å². The van der Waals surface area contributed by atoms with Gasteiger partial charge in [0.1, 0.15) is 0 Å². The third-order valence-electron chi connectivity index (χ3n) is 6.59. The topological polar surface area (TPSA) is 74.2 Å². The first kappa shape index (κ1) is 27.5. The number of benzene rings is 2. The van der Waals surface area contributed by atoms with Gasteiger partial charge < -0.3 is 15.1 Å². The van der Waals surface area contributed by atoms with Gasteiger partial charge in [0, 0.05) is 18.0 Å². The molecule has 1 fully saturated rings. The summed E-state index contributed by atoms with van der Waals surface area (Å²) in [5.74, 6) is 0.107. The maximum absolute atomic E-state index is 13.2. The quantitative estimate of drug-likeness (QED) is 0.472. The summed E-state index contributed by atoms with van der Waals surface area (Å²) in [5.41, 5.74) is 3.78. The van der Waals surface area contributed by atoms with E-state index in [1.807, 2.05) is 39.0 Å². The first-order valence-electron chi connectivity index (χ1n) is 12.4. The molecule has 0 aromatic heterocycles. The third-order valence-corrected chi connectivity index (χ3v) is 9.81. The first-order chi connectivity index (χ1) is 16.7. The summed E-state index contributed by atoms with van der Waals surface area (Å²) in [6.07, 6.45) is 0. The van der Waals surface area contributed by atoms with Gasteiger partial charge in [0.2, 0.25) is 15.9 Å². The third kappa shape index (κ3) is 6.78. The number of likely N-dealkylation sites (N-methyl/N-ethyl adjacent to an activating group) is 1. The fourth-order valence-corrected chi connectivity index (χ4v) is 6.77. The summed E-state index contributed by atoms with van der Waals surface area (Å²) >= 11 is 1.49. The highest BCUT2D eigenvalue weighted by molar-refractivity contribution is 8.00. The number of hydrogen-bond donors (Lipinski definition) is 2. The molecule has 0 atom stereocenters. The highest BCUT2D eigenvalue weighted by atomic mass is 32.2. The standard InChI is InChI=1S/C26H38N4O3S2/c1-6-28-13-15-29(16-14-28)24-11-10-22(35(32,33)30(7-2)8-3)18-23(24)27-26(31)19-34-25-12-9-20(4)17-21(25)5/h9-12,17-18H,6-8,13-16,19H2,1-5H3,(H,27,31)/p+1. The summed E-state index contributed by atoms with van der Waals surface area (Å²) in [4.78, 5) is 18.1. The van der Waals surface area contributed by atoms with Gasteiger partial charge in [-0.1, -0.05) is 31.5 Å². The van der Waals surface area contributed by atoms with Crippen molar-refractivity contribution >= 4 is 39.1 Å². The Morgan fingerprint density at radius 3 is 2.34 bits per heavy atom. The van der Waals surface area contributed by atoms with Crippen LogP contribution >= 0.6 is 11.8 Å². The number of amides is 1. The molecule has 7 nitrogen and oxygen atoms in total. The number of thioether (sulfide) groups is 1. The van der Waals surface area contributed by atoms with Crippen LogP contribution in [0.3, 0.4) is 0 Å². The van der Waals surface area contributed by atoms with Crippen LogP contribution in [0.4, 0.5) is 11.4 Å². The lowest BCUT2D eigenvalue weighted by atomic mass is 10.2. The molecule has 0 saturated carbocycles. The van der Waals surface area contributed by atoms with E-state index in [0.29, 0.717) is 18.8 Å². The number of quaternary nitrogens is 1. The summed E-state index contributed by atoms with van der Waals surface area (Å²) in [6, 6.07) is 11.3. The average molecular weight is 520 g/mol. The van der Waals surface area contributed by atoms with Crippen LogP contribution in [0.15, 0.2) is 46.2 Å². The molecule has 2 aromatic carbocycles. The molecule has 3 rings (SSSR count). The zero-order valence-corrected chi connectivity index (χ0v) is 23.2. The molecular weight excluding hydrogens is 480 g/mol. The number of rotatable bonds is 10. The molecule has 0 spiro atoms. The Hall–Kier alpha value is -2.07. The second kappa shape index (κ2) is 12.3. The van der Waals surface area contributed by atoms with Crippen molar-refractivity contribution in [3.63, 3.8) is 0 Å². The van der Waals surface area contributed by atoms with Gasteiger partial charge in [-0.15, -0.1) is 11.8 Å². The number of aryl methyl sites for hydroxylation is 2. The zero-order valence-electron chi connectivity index (χ0n) is 21.6. The Morgan fingerprint density at radius 2 is 1.74 bits per heavy atom. The van der Waals surface area contributed by atoms with Gasteiger partial charge in [0.25, 0.3) is 0 Å². The molecule has 0 bridgehead atoms. The van der Waals surface area contributed by atoms with E-state index in [9.17, 15) is 13.2 Å². The van der Waals surface area contributed by atoms with Gasteiger partial charge in [-0.25, -0.2) is 8.42 Å². The average Bonchev–Trinajstić information content (AvgIpc) is 2.84. The van der Waals surface area contributed by atoms with Crippen molar-refractivity contribution in [2.75, 3.05) is 61.8 Å². The Bertz CT molecular complexity index is 1130. The van der Waals surface area contributed by atoms with Gasteiger partial charge in [0.05, 0.1) is 54.7 Å². The molecule has 1 aliphatic heterocycles. The Kier molecular flexibility index (Phi) is 9.63. The second-order valence-electron chi connectivity index (χ2n) is 8.96. The van der Waals surface area contributed by atoms with Crippen molar-refractivity contribution in [3.05, 3.63) is 47.5 Å². The van der Waals surface area contributed by atoms with Crippen LogP contribution in [0.2, 0.25) is 0 Å². The molecule has 1 aliphatic rings. The van der Waals surface area contributed by atoms with E-state index < -0.39 is 10.0 Å². The lowest BCUT2D eigenvalue weighted by Gasteiger charge is -2.34. The first-order valence-corrected chi connectivity index (χ1v) is 14.8. The number of carbonyl (C=O) groups excluding carboxylic acids is 1. The summed E-state index contributed by atoms with van der Waals surface area (Å²) in [7, 11) is -3.63. The molecule has 1 amide bonds. The van der Waals surface area contributed by atoms with Crippen molar-refractivity contribution in [1.82, 2.24) is 4.31 Å². The van der Waals surface area contributed by atoms with Crippen LogP contribution in [0.5, 0.6) is 0 Å². The minimum atomic E-state index is -3.63. The number of hydrogen-bond acceptors (Lipinski definition) is 5. The van der Waals surface area contributed by atoms with Crippen LogP contribution in [0, 0.1) is 13.8 Å². The van der Waals surface area contributed by atoms with Gasteiger partial charge in [-0.2, -0.15) is 4.31 Å². The van der Waals surface area contributed by atoms with E-state index in [1.165, 1.54) is 21.6 Å². The van der Waals surface area contributed by atoms with E-state index in [-0.39, 0.29) is 16.6 Å². The minimum absolute atomic E-state index is 0.147. The molecule has 0 unspecified atom stereocenters. The molecule has 0 aliphatic carbocycles.